The normalized spacial score (nSPS) is 25.9. The van der Waals surface area contributed by atoms with Crippen LogP contribution in [0.25, 0.3) is 0 Å². The van der Waals surface area contributed by atoms with E-state index >= 15 is 0 Å². The molecule has 3 aliphatic rings. The van der Waals surface area contributed by atoms with Gasteiger partial charge in [0.05, 0.1) is 11.3 Å². The molecule has 7 heteroatoms. The number of benzene rings is 1. The second-order valence-electron chi connectivity index (χ2n) is 8.80. The molecule has 1 saturated heterocycles. The lowest BCUT2D eigenvalue weighted by Crippen LogP contribution is -2.47. The number of aromatic nitrogens is 1. The van der Waals surface area contributed by atoms with Crippen molar-refractivity contribution in [2.24, 2.45) is 5.92 Å². The van der Waals surface area contributed by atoms with Crippen LogP contribution >= 0.6 is 0 Å². The lowest BCUT2D eigenvalue weighted by molar-refractivity contribution is -0.128. The molecule has 2 aliphatic heterocycles. The summed E-state index contributed by atoms with van der Waals surface area (Å²) in [7, 11) is 0. The van der Waals surface area contributed by atoms with Crippen molar-refractivity contribution in [1.29, 1.82) is 0 Å². The summed E-state index contributed by atoms with van der Waals surface area (Å²) in [6.07, 6.45) is 7.58. The molecule has 1 N–H and O–H groups in total. The Kier molecular flexibility index (Phi) is 5.12. The van der Waals surface area contributed by atoms with Crippen molar-refractivity contribution in [1.82, 2.24) is 10.3 Å². The van der Waals surface area contributed by atoms with E-state index in [1.807, 2.05) is 11.0 Å². The number of esters is 1. The summed E-state index contributed by atoms with van der Waals surface area (Å²) in [5.74, 6) is -0.489. The monoisotopic (exact) mass is 423 g/mol. The molecular weight excluding hydrogens is 397 g/mol. The summed E-state index contributed by atoms with van der Waals surface area (Å²) in [5, 5.41) is 3.20. The Morgan fingerprint density at radius 1 is 1.13 bits per heavy atom. The molecule has 0 radical (unpaired) electrons. The molecule has 162 valence electrons. The van der Waals surface area contributed by atoms with E-state index in [4.69, 9.17) is 4.74 Å². The van der Waals surface area contributed by atoms with E-state index < -0.39 is 5.60 Å². The van der Waals surface area contributed by atoms with Gasteiger partial charge in [0.1, 0.15) is 11.4 Å². The largest absolute Gasteiger partial charge is 0.450 e. The van der Waals surface area contributed by atoms with Gasteiger partial charge in [0.25, 0.3) is 0 Å². The van der Waals surface area contributed by atoms with Crippen LogP contribution in [0, 0.1) is 11.7 Å². The maximum absolute atomic E-state index is 14.0. The molecule has 1 amide bonds. The van der Waals surface area contributed by atoms with E-state index in [-0.39, 0.29) is 29.7 Å². The second kappa shape index (κ2) is 7.94. The zero-order chi connectivity index (χ0) is 21.4. The summed E-state index contributed by atoms with van der Waals surface area (Å²) < 4.78 is 19.8. The SMILES string of the molecule is O=C1O[C@]2(CC[C@@H](C(=O)NC3CCN(c4ccccc4F)CC3)CC2)c2cnccc21. The maximum atomic E-state index is 14.0. The summed E-state index contributed by atoms with van der Waals surface area (Å²) in [4.78, 5) is 31.3. The summed E-state index contributed by atoms with van der Waals surface area (Å²) in [6, 6.07) is 8.64. The summed E-state index contributed by atoms with van der Waals surface area (Å²) >= 11 is 0. The van der Waals surface area contributed by atoms with Gasteiger partial charge in [-0.25, -0.2) is 9.18 Å². The Labute approximate surface area is 180 Å². The first-order valence-electron chi connectivity index (χ1n) is 11.0. The minimum Gasteiger partial charge on any atom is -0.450 e. The third kappa shape index (κ3) is 3.66. The molecule has 1 aromatic carbocycles. The van der Waals surface area contributed by atoms with Crippen molar-refractivity contribution in [2.75, 3.05) is 18.0 Å². The van der Waals surface area contributed by atoms with Gasteiger partial charge in [0.2, 0.25) is 5.91 Å². The van der Waals surface area contributed by atoms with Gasteiger partial charge < -0.3 is 15.0 Å². The number of hydrogen-bond acceptors (Lipinski definition) is 5. The molecule has 2 aromatic rings. The molecule has 0 atom stereocenters. The van der Waals surface area contributed by atoms with Crippen LogP contribution in [0.15, 0.2) is 42.7 Å². The van der Waals surface area contributed by atoms with Crippen LogP contribution in [0.1, 0.15) is 54.4 Å². The van der Waals surface area contributed by atoms with Crippen molar-refractivity contribution in [3.63, 3.8) is 0 Å². The Morgan fingerprint density at radius 3 is 2.61 bits per heavy atom. The van der Waals surface area contributed by atoms with Crippen molar-refractivity contribution in [3.05, 3.63) is 59.7 Å². The predicted molar refractivity (Wildman–Crippen MR) is 113 cm³/mol. The number of ether oxygens (including phenoxy) is 1. The highest BCUT2D eigenvalue weighted by Gasteiger charge is 2.48. The summed E-state index contributed by atoms with van der Waals surface area (Å²) in [5.41, 5.74) is 1.47. The molecular formula is C24H26FN3O3. The Hall–Kier alpha value is -2.96. The number of nitrogens with one attached hydrogen (secondary N) is 1. The quantitative estimate of drug-likeness (QED) is 0.765. The maximum Gasteiger partial charge on any atom is 0.339 e. The first-order chi connectivity index (χ1) is 15.1. The molecule has 1 saturated carbocycles. The van der Waals surface area contributed by atoms with Gasteiger partial charge in [-0.2, -0.15) is 0 Å². The number of hydrogen-bond donors (Lipinski definition) is 1. The molecule has 1 aliphatic carbocycles. The average Bonchev–Trinajstić information content (AvgIpc) is 3.07. The molecule has 31 heavy (non-hydrogen) atoms. The van der Waals surface area contributed by atoms with Gasteiger partial charge in [-0.1, -0.05) is 12.1 Å². The molecule has 1 spiro atoms. The number of rotatable bonds is 3. The number of carbonyl (C=O) groups is 2. The Morgan fingerprint density at radius 2 is 1.87 bits per heavy atom. The number of piperidine rings is 1. The van der Waals surface area contributed by atoms with Gasteiger partial charge in [-0.05, 0) is 56.7 Å². The number of amides is 1. The van der Waals surface area contributed by atoms with E-state index in [9.17, 15) is 14.0 Å². The van der Waals surface area contributed by atoms with Crippen LogP contribution < -0.4 is 10.2 Å². The van der Waals surface area contributed by atoms with Crippen LogP contribution in [-0.2, 0) is 15.1 Å². The first-order valence-corrected chi connectivity index (χ1v) is 11.0. The topological polar surface area (TPSA) is 71.5 Å². The van der Waals surface area contributed by atoms with Crippen LogP contribution in [0.5, 0.6) is 0 Å². The minimum atomic E-state index is -0.622. The highest BCUT2D eigenvalue weighted by Crippen LogP contribution is 2.47. The number of para-hydroxylation sites is 1. The number of nitrogens with zero attached hydrogens (tertiary/aromatic N) is 2. The zero-order valence-electron chi connectivity index (χ0n) is 17.4. The zero-order valence-corrected chi connectivity index (χ0v) is 17.4. The number of anilines is 1. The fourth-order valence-electron chi connectivity index (χ4n) is 5.23. The van der Waals surface area contributed by atoms with Crippen LogP contribution in [0.4, 0.5) is 10.1 Å². The van der Waals surface area contributed by atoms with Gasteiger partial charge >= 0.3 is 5.97 Å². The molecule has 3 heterocycles. The predicted octanol–water partition coefficient (Wildman–Crippen LogP) is 3.56. The lowest BCUT2D eigenvalue weighted by Gasteiger charge is -2.37. The van der Waals surface area contributed by atoms with Crippen molar-refractivity contribution >= 4 is 17.6 Å². The van der Waals surface area contributed by atoms with E-state index in [1.165, 1.54) is 6.07 Å². The molecule has 6 nitrogen and oxygen atoms in total. The van der Waals surface area contributed by atoms with E-state index in [0.29, 0.717) is 36.9 Å². The van der Waals surface area contributed by atoms with E-state index in [1.54, 1.807) is 30.6 Å². The molecule has 0 bridgehead atoms. The van der Waals surface area contributed by atoms with Crippen molar-refractivity contribution < 1.29 is 18.7 Å². The molecule has 1 aromatic heterocycles. The Bertz CT molecular complexity index is 995. The van der Waals surface area contributed by atoms with Crippen molar-refractivity contribution in [2.45, 2.75) is 50.2 Å². The average molecular weight is 423 g/mol. The van der Waals surface area contributed by atoms with Gasteiger partial charge in [-0.15, -0.1) is 0 Å². The highest BCUT2D eigenvalue weighted by molar-refractivity contribution is 5.94. The second-order valence-corrected chi connectivity index (χ2v) is 8.80. The fraction of sp³-hybridized carbons (Fsp3) is 0.458. The van der Waals surface area contributed by atoms with E-state index in [2.05, 4.69) is 10.3 Å². The Balaban J connectivity index is 1.15. The molecule has 0 unspecified atom stereocenters. The molecule has 2 fully saturated rings. The molecule has 5 rings (SSSR count). The first kappa shape index (κ1) is 20.0. The number of carbonyl (C=O) groups excluding carboxylic acids is 2. The number of fused-ring (bicyclic) bond motifs is 2. The highest BCUT2D eigenvalue weighted by atomic mass is 19.1. The van der Waals surface area contributed by atoms with Crippen LogP contribution in [0.2, 0.25) is 0 Å². The van der Waals surface area contributed by atoms with Gasteiger partial charge in [0.15, 0.2) is 0 Å². The third-order valence-electron chi connectivity index (χ3n) is 7.02. The van der Waals surface area contributed by atoms with Crippen LogP contribution in [-0.4, -0.2) is 36.0 Å². The van der Waals surface area contributed by atoms with Gasteiger partial charge in [0, 0.05) is 43.0 Å². The summed E-state index contributed by atoms with van der Waals surface area (Å²) in [6.45, 7) is 1.44. The van der Waals surface area contributed by atoms with Crippen molar-refractivity contribution in [3.8, 4) is 0 Å². The van der Waals surface area contributed by atoms with Crippen LogP contribution in [0.3, 0.4) is 0 Å². The fourth-order valence-corrected chi connectivity index (χ4v) is 5.23. The number of pyridine rings is 1. The minimum absolute atomic E-state index is 0.0744. The van der Waals surface area contributed by atoms with Gasteiger partial charge in [-0.3, -0.25) is 9.78 Å². The lowest BCUT2D eigenvalue weighted by atomic mass is 9.75. The van der Waals surface area contributed by atoms with E-state index in [0.717, 1.165) is 31.5 Å². The standard InChI is InChI=1S/C24H26FN3O3/c25-20-3-1-2-4-21(20)28-13-8-17(9-14-28)27-22(29)16-5-10-24(11-6-16)19-15-26-12-7-18(19)23(30)31-24/h1-4,7,12,15-17H,5-6,8-11,13-14H2,(H,27,29)/t16-,24+. The smallest absolute Gasteiger partial charge is 0.339 e. The number of halogens is 1. The third-order valence-corrected chi connectivity index (χ3v) is 7.02.